The standard InChI is InChI=1S/C24H24N4O3S/c1-4-13-32(30,31)28-12-10-18-15-19(6-8-22(18)28)27-23-20-14-17(9-11-24(2,3)29)5-7-21(20)25-16-26-23/h5-8,10,12,14-16,29H,4,13H2,1-3H3,(H,25,26,27). The Morgan fingerprint density at radius 3 is 2.69 bits per heavy atom. The predicted molar refractivity (Wildman–Crippen MR) is 127 cm³/mol. The molecular formula is C24H24N4O3S. The molecule has 8 heteroatoms. The molecule has 0 atom stereocenters. The fraction of sp³-hybridized carbons (Fsp3) is 0.250. The number of rotatable bonds is 5. The zero-order valence-electron chi connectivity index (χ0n) is 18.1. The third kappa shape index (κ3) is 4.59. The van der Waals surface area contributed by atoms with Crippen LogP contribution in [0.4, 0.5) is 11.5 Å². The van der Waals surface area contributed by atoms with E-state index in [-0.39, 0.29) is 5.75 Å². The van der Waals surface area contributed by atoms with Crippen molar-refractivity contribution >= 4 is 43.3 Å². The minimum absolute atomic E-state index is 0.0996. The number of nitrogens with one attached hydrogen (secondary N) is 1. The summed E-state index contributed by atoms with van der Waals surface area (Å²) in [5.74, 6) is 6.49. The second-order valence-corrected chi connectivity index (χ2v) is 10.1. The highest BCUT2D eigenvalue weighted by molar-refractivity contribution is 7.90. The van der Waals surface area contributed by atoms with Gasteiger partial charge in [0, 0.05) is 28.2 Å². The van der Waals surface area contributed by atoms with Crippen molar-refractivity contribution in [2.24, 2.45) is 0 Å². The van der Waals surface area contributed by atoms with Gasteiger partial charge in [-0.15, -0.1) is 0 Å². The molecule has 0 aliphatic carbocycles. The first-order chi connectivity index (χ1) is 15.2. The summed E-state index contributed by atoms with van der Waals surface area (Å²) in [7, 11) is -3.37. The van der Waals surface area contributed by atoms with Crippen molar-refractivity contribution in [2.75, 3.05) is 11.1 Å². The molecule has 32 heavy (non-hydrogen) atoms. The topological polar surface area (TPSA) is 97.1 Å². The average Bonchev–Trinajstić information content (AvgIpc) is 3.16. The Morgan fingerprint density at radius 2 is 1.94 bits per heavy atom. The van der Waals surface area contributed by atoms with Crippen LogP contribution in [0.15, 0.2) is 55.0 Å². The second-order valence-electron chi connectivity index (χ2n) is 8.09. The molecule has 2 heterocycles. The maximum atomic E-state index is 12.5. The monoisotopic (exact) mass is 448 g/mol. The summed E-state index contributed by atoms with van der Waals surface area (Å²) in [6.45, 7) is 5.11. The minimum Gasteiger partial charge on any atom is -0.378 e. The molecule has 0 spiro atoms. The molecule has 0 radical (unpaired) electrons. The van der Waals surface area contributed by atoms with E-state index in [1.54, 1.807) is 32.2 Å². The van der Waals surface area contributed by atoms with E-state index in [9.17, 15) is 13.5 Å². The Bertz CT molecular complexity index is 1470. The lowest BCUT2D eigenvalue weighted by Crippen LogP contribution is -2.14. The van der Waals surface area contributed by atoms with Crippen LogP contribution in [0.5, 0.6) is 0 Å². The summed E-state index contributed by atoms with van der Waals surface area (Å²) in [4.78, 5) is 8.69. The van der Waals surface area contributed by atoms with Gasteiger partial charge in [0.05, 0.1) is 16.8 Å². The Balaban J connectivity index is 1.70. The SMILES string of the molecule is CCCS(=O)(=O)n1ccc2cc(Nc3ncnc4ccc(C#CC(C)(C)O)cc34)ccc21. The lowest BCUT2D eigenvalue weighted by Gasteiger charge is -2.10. The van der Waals surface area contributed by atoms with Gasteiger partial charge in [-0.1, -0.05) is 18.8 Å². The summed E-state index contributed by atoms with van der Waals surface area (Å²) < 4.78 is 26.3. The van der Waals surface area contributed by atoms with Crippen LogP contribution >= 0.6 is 0 Å². The number of hydrogen-bond donors (Lipinski definition) is 2. The zero-order valence-corrected chi connectivity index (χ0v) is 18.9. The lowest BCUT2D eigenvalue weighted by molar-refractivity contribution is 0.143. The molecule has 4 rings (SSSR count). The minimum atomic E-state index is -3.37. The molecule has 0 saturated heterocycles. The van der Waals surface area contributed by atoms with Crippen LogP contribution in [0.25, 0.3) is 21.8 Å². The molecule has 0 unspecified atom stereocenters. The molecule has 0 saturated carbocycles. The second kappa shape index (κ2) is 8.26. The van der Waals surface area contributed by atoms with Gasteiger partial charge in [0.2, 0.25) is 10.0 Å². The molecular weight excluding hydrogens is 424 g/mol. The van der Waals surface area contributed by atoms with E-state index in [1.807, 2.05) is 37.3 Å². The van der Waals surface area contributed by atoms with Gasteiger partial charge in [0.1, 0.15) is 17.7 Å². The zero-order chi connectivity index (χ0) is 22.9. The van der Waals surface area contributed by atoms with Crippen LogP contribution in [0.1, 0.15) is 32.8 Å². The molecule has 2 aromatic heterocycles. The smallest absolute Gasteiger partial charge is 0.238 e. The van der Waals surface area contributed by atoms with Crippen molar-refractivity contribution in [2.45, 2.75) is 32.8 Å². The van der Waals surface area contributed by atoms with Gasteiger partial charge in [0.15, 0.2) is 0 Å². The first-order valence-electron chi connectivity index (χ1n) is 10.3. The third-order valence-corrected chi connectivity index (χ3v) is 6.67. The van der Waals surface area contributed by atoms with E-state index in [0.29, 0.717) is 17.8 Å². The number of fused-ring (bicyclic) bond motifs is 2. The summed E-state index contributed by atoms with van der Waals surface area (Å²) in [6.07, 6.45) is 3.64. The predicted octanol–water partition coefficient (Wildman–Crippen LogP) is 4.04. The highest BCUT2D eigenvalue weighted by Crippen LogP contribution is 2.27. The van der Waals surface area contributed by atoms with E-state index in [4.69, 9.17) is 0 Å². The molecule has 0 bridgehead atoms. The fourth-order valence-corrected chi connectivity index (χ4v) is 4.81. The maximum Gasteiger partial charge on any atom is 0.238 e. The van der Waals surface area contributed by atoms with Gasteiger partial charge in [-0.3, -0.25) is 0 Å². The molecule has 2 N–H and O–H groups in total. The van der Waals surface area contributed by atoms with Crippen molar-refractivity contribution in [3.05, 3.63) is 60.6 Å². The van der Waals surface area contributed by atoms with Crippen molar-refractivity contribution in [1.82, 2.24) is 13.9 Å². The van der Waals surface area contributed by atoms with Crippen LogP contribution in [0.3, 0.4) is 0 Å². The number of anilines is 2. The van der Waals surface area contributed by atoms with Crippen LogP contribution < -0.4 is 5.32 Å². The first-order valence-corrected chi connectivity index (χ1v) is 11.9. The Labute approximate surface area is 187 Å². The van der Waals surface area contributed by atoms with E-state index < -0.39 is 15.6 Å². The van der Waals surface area contributed by atoms with E-state index in [1.165, 1.54) is 10.3 Å². The average molecular weight is 449 g/mol. The summed E-state index contributed by atoms with van der Waals surface area (Å²) in [6, 6.07) is 12.9. The van der Waals surface area contributed by atoms with Crippen LogP contribution in [0.2, 0.25) is 0 Å². The Morgan fingerprint density at radius 1 is 1.12 bits per heavy atom. The van der Waals surface area contributed by atoms with E-state index >= 15 is 0 Å². The largest absolute Gasteiger partial charge is 0.378 e. The summed E-state index contributed by atoms with van der Waals surface area (Å²) in [5.41, 5.74) is 1.83. The van der Waals surface area contributed by atoms with Gasteiger partial charge in [-0.25, -0.2) is 22.4 Å². The summed E-state index contributed by atoms with van der Waals surface area (Å²) in [5, 5.41) is 14.8. The van der Waals surface area contributed by atoms with Gasteiger partial charge in [-0.05, 0) is 62.7 Å². The number of hydrogen-bond acceptors (Lipinski definition) is 6. The highest BCUT2D eigenvalue weighted by Gasteiger charge is 2.15. The van der Waals surface area contributed by atoms with Crippen LogP contribution in [-0.2, 0) is 10.0 Å². The molecule has 0 fully saturated rings. The lowest BCUT2D eigenvalue weighted by atomic mass is 10.1. The molecule has 7 nitrogen and oxygen atoms in total. The Hall–Kier alpha value is -3.41. The number of aliphatic hydroxyl groups is 1. The number of nitrogens with zero attached hydrogens (tertiary/aromatic N) is 3. The van der Waals surface area contributed by atoms with Crippen molar-refractivity contribution in [3.63, 3.8) is 0 Å². The van der Waals surface area contributed by atoms with Crippen molar-refractivity contribution in [1.29, 1.82) is 0 Å². The maximum absolute atomic E-state index is 12.5. The molecule has 0 amide bonds. The molecule has 164 valence electrons. The third-order valence-electron chi connectivity index (χ3n) is 4.83. The fourth-order valence-electron chi connectivity index (χ4n) is 3.39. The van der Waals surface area contributed by atoms with Crippen molar-refractivity contribution < 1.29 is 13.5 Å². The number of aromatic nitrogens is 3. The van der Waals surface area contributed by atoms with E-state index in [2.05, 4.69) is 27.1 Å². The van der Waals surface area contributed by atoms with Crippen LogP contribution in [0, 0.1) is 11.8 Å². The molecule has 0 aliphatic rings. The molecule has 0 aliphatic heterocycles. The van der Waals surface area contributed by atoms with Gasteiger partial charge in [0.25, 0.3) is 0 Å². The van der Waals surface area contributed by atoms with Gasteiger partial charge < -0.3 is 10.4 Å². The Kier molecular flexibility index (Phi) is 5.63. The van der Waals surface area contributed by atoms with E-state index in [0.717, 1.165) is 27.5 Å². The normalized spacial score (nSPS) is 12.0. The molecule has 4 aromatic rings. The molecule has 2 aromatic carbocycles. The van der Waals surface area contributed by atoms with Gasteiger partial charge >= 0.3 is 0 Å². The highest BCUT2D eigenvalue weighted by atomic mass is 32.2. The first kappa shape index (κ1) is 21.8. The number of benzene rings is 2. The van der Waals surface area contributed by atoms with Gasteiger partial charge in [-0.2, -0.15) is 0 Å². The quantitative estimate of drug-likeness (QED) is 0.447. The van der Waals surface area contributed by atoms with Crippen molar-refractivity contribution in [3.8, 4) is 11.8 Å². The van der Waals surface area contributed by atoms with Crippen LogP contribution in [-0.4, -0.2) is 38.8 Å². The summed E-state index contributed by atoms with van der Waals surface area (Å²) >= 11 is 0.